The van der Waals surface area contributed by atoms with Gasteiger partial charge in [0.05, 0.1) is 0 Å². The van der Waals surface area contributed by atoms with Crippen LogP contribution in [0.4, 0.5) is 0 Å². The Hall–Kier alpha value is -0.890. The van der Waals surface area contributed by atoms with Gasteiger partial charge in [-0.15, -0.1) is 0 Å². The minimum absolute atomic E-state index is 0.186. The first-order valence-electron chi connectivity index (χ1n) is 5.93. The zero-order valence-electron chi connectivity index (χ0n) is 9.39. The number of aromatic nitrogens is 1. The van der Waals surface area contributed by atoms with E-state index in [9.17, 15) is 0 Å². The maximum absolute atomic E-state index is 6.28. The van der Waals surface area contributed by atoms with Gasteiger partial charge in [0.15, 0.2) is 0 Å². The van der Waals surface area contributed by atoms with Crippen LogP contribution >= 0.6 is 0 Å². The van der Waals surface area contributed by atoms with Gasteiger partial charge in [0.1, 0.15) is 0 Å². The van der Waals surface area contributed by atoms with E-state index in [0.29, 0.717) is 5.92 Å². The molecule has 15 heavy (non-hydrogen) atoms. The normalized spacial score (nSPS) is 28.7. The van der Waals surface area contributed by atoms with Gasteiger partial charge in [-0.1, -0.05) is 25.8 Å². The summed E-state index contributed by atoms with van der Waals surface area (Å²) >= 11 is 0. The van der Waals surface area contributed by atoms with Crippen molar-refractivity contribution in [2.24, 2.45) is 17.6 Å². The second-order valence-corrected chi connectivity index (χ2v) is 4.83. The Morgan fingerprint density at radius 2 is 2.07 bits per heavy atom. The Kier molecular flexibility index (Phi) is 3.37. The molecule has 1 atom stereocenters. The van der Waals surface area contributed by atoms with Crippen molar-refractivity contribution in [2.75, 3.05) is 0 Å². The summed E-state index contributed by atoms with van der Waals surface area (Å²) < 4.78 is 0. The number of pyridine rings is 1. The van der Waals surface area contributed by atoms with Crippen LogP contribution in [0.15, 0.2) is 24.5 Å². The molecule has 0 radical (unpaired) electrons. The lowest BCUT2D eigenvalue weighted by Crippen LogP contribution is -2.25. The fourth-order valence-electron chi connectivity index (χ4n) is 2.49. The third-order valence-corrected chi connectivity index (χ3v) is 3.64. The van der Waals surface area contributed by atoms with Crippen molar-refractivity contribution in [1.29, 1.82) is 0 Å². The monoisotopic (exact) mass is 204 g/mol. The molecule has 0 spiro atoms. The summed E-state index contributed by atoms with van der Waals surface area (Å²) in [6.45, 7) is 2.34. The quantitative estimate of drug-likeness (QED) is 0.804. The van der Waals surface area contributed by atoms with Gasteiger partial charge < -0.3 is 5.73 Å². The molecule has 1 aliphatic rings. The second-order valence-electron chi connectivity index (χ2n) is 4.83. The number of hydrogen-bond acceptors (Lipinski definition) is 2. The molecule has 1 aromatic rings. The highest BCUT2D eigenvalue weighted by atomic mass is 14.7. The van der Waals surface area contributed by atoms with Gasteiger partial charge in [0.2, 0.25) is 0 Å². The lowest BCUT2D eigenvalue weighted by Gasteiger charge is -2.30. The molecule has 0 bridgehead atoms. The predicted octanol–water partition coefficient (Wildman–Crippen LogP) is 2.91. The summed E-state index contributed by atoms with van der Waals surface area (Å²) in [7, 11) is 0. The topological polar surface area (TPSA) is 38.9 Å². The van der Waals surface area contributed by atoms with E-state index in [1.165, 1.54) is 31.2 Å². The maximum Gasteiger partial charge on any atom is 0.0338 e. The number of nitrogens with zero attached hydrogens (tertiary/aromatic N) is 1. The average molecular weight is 204 g/mol. The van der Waals surface area contributed by atoms with Gasteiger partial charge >= 0.3 is 0 Å². The van der Waals surface area contributed by atoms with E-state index in [1.54, 1.807) is 6.20 Å². The smallest absolute Gasteiger partial charge is 0.0338 e. The zero-order valence-corrected chi connectivity index (χ0v) is 9.39. The molecule has 1 saturated carbocycles. The summed E-state index contributed by atoms with van der Waals surface area (Å²) in [6, 6.07) is 4.25. The molecule has 1 aliphatic carbocycles. The average Bonchev–Trinajstić information content (AvgIpc) is 2.30. The molecule has 0 aliphatic heterocycles. The standard InChI is InChI=1S/C13H20N2/c1-10-4-6-11(7-5-10)13(14)12-3-2-8-15-9-12/h2-3,8-11,13H,4-7,14H2,1H3/t10?,11?,13-/m1/s1. The van der Waals surface area contributed by atoms with Crippen LogP contribution < -0.4 is 5.73 Å². The third-order valence-electron chi connectivity index (χ3n) is 3.64. The van der Waals surface area contributed by atoms with Crippen LogP contribution in [0.3, 0.4) is 0 Å². The fourth-order valence-corrected chi connectivity index (χ4v) is 2.49. The van der Waals surface area contributed by atoms with Gasteiger partial charge in [0.25, 0.3) is 0 Å². The van der Waals surface area contributed by atoms with Gasteiger partial charge in [-0.05, 0) is 36.3 Å². The minimum Gasteiger partial charge on any atom is -0.324 e. The maximum atomic E-state index is 6.28. The van der Waals surface area contributed by atoms with E-state index < -0.39 is 0 Å². The molecule has 1 aromatic heterocycles. The van der Waals surface area contributed by atoms with Crippen molar-refractivity contribution in [3.63, 3.8) is 0 Å². The van der Waals surface area contributed by atoms with E-state index in [0.717, 1.165) is 5.92 Å². The van der Waals surface area contributed by atoms with Crippen molar-refractivity contribution in [3.05, 3.63) is 30.1 Å². The molecule has 2 nitrogen and oxygen atoms in total. The molecular weight excluding hydrogens is 184 g/mol. The molecule has 2 heteroatoms. The minimum atomic E-state index is 0.186. The lowest BCUT2D eigenvalue weighted by atomic mass is 9.78. The summed E-state index contributed by atoms with van der Waals surface area (Å²) in [5, 5.41) is 0. The largest absolute Gasteiger partial charge is 0.324 e. The fraction of sp³-hybridized carbons (Fsp3) is 0.615. The lowest BCUT2D eigenvalue weighted by molar-refractivity contribution is 0.256. The molecule has 82 valence electrons. The van der Waals surface area contributed by atoms with E-state index in [2.05, 4.69) is 18.0 Å². The molecule has 0 unspecified atom stereocenters. The highest BCUT2D eigenvalue weighted by Crippen LogP contribution is 2.35. The zero-order chi connectivity index (χ0) is 10.7. The van der Waals surface area contributed by atoms with Crippen molar-refractivity contribution in [1.82, 2.24) is 4.98 Å². The number of rotatable bonds is 2. The van der Waals surface area contributed by atoms with Crippen molar-refractivity contribution >= 4 is 0 Å². The third kappa shape index (κ3) is 2.57. The predicted molar refractivity (Wildman–Crippen MR) is 62.3 cm³/mol. The summed E-state index contributed by atoms with van der Waals surface area (Å²) in [4.78, 5) is 4.14. The molecule has 0 saturated heterocycles. The molecule has 1 fully saturated rings. The Morgan fingerprint density at radius 1 is 1.33 bits per heavy atom. The van der Waals surface area contributed by atoms with Crippen LogP contribution in [-0.4, -0.2) is 4.98 Å². The van der Waals surface area contributed by atoms with Crippen molar-refractivity contribution in [2.45, 2.75) is 38.6 Å². The molecular formula is C13H20N2. The van der Waals surface area contributed by atoms with Gasteiger partial charge in [-0.3, -0.25) is 4.98 Å². The van der Waals surface area contributed by atoms with E-state index in [-0.39, 0.29) is 6.04 Å². The van der Waals surface area contributed by atoms with Crippen molar-refractivity contribution in [3.8, 4) is 0 Å². The van der Waals surface area contributed by atoms with Gasteiger partial charge in [0, 0.05) is 18.4 Å². The Bertz CT molecular complexity index is 289. The highest BCUT2D eigenvalue weighted by molar-refractivity contribution is 5.14. The van der Waals surface area contributed by atoms with E-state index in [4.69, 9.17) is 5.73 Å². The van der Waals surface area contributed by atoms with Crippen LogP contribution in [-0.2, 0) is 0 Å². The Labute approximate surface area is 91.9 Å². The molecule has 0 amide bonds. The SMILES string of the molecule is CC1CCC([C@@H](N)c2cccnc2)CC1. The summed E-state index contributed by atoms with van der Waals surface area (Å²) in [6.07, 6.45) is 8.92. The van der Waals surface area contributed by atoms with Gasteiger partial charge in [-0.25, -0.2) is 0 Å². The molecule has 2 N–H and O–H groups in total. The second kappa shape index (κ2) is 4.75. The van der Waals surface area contributed by atoms with Crippen molar-refractivity contribution < 1.29 is 0 Å². The first-order valence-corrected chi connectivity index (χ1v) is 5.93. The Balaban J connectivity index is 1.99. The van der Waals surface area contributed by atoms with Gasteiger partial charge in [-0.2, -0.15) is 0 Å². The van der Waals surface area contributed by atoms with Crippen LogP contribution in [0.25, 0.3) is 0 Å². The first-order chi connectivity index (χ1) is 7.27. The van der Waals surface area contributed by atoms with Crippen LogP contribution in [0, 0.1) is 11.8 Å². The summed E-state index contributed by atoms with van der Waals surface area (Å²) in [5.41, 5.74) is 7.47. The van der Waals surface area contributed by atoms with E-state index in [1.807, 2.05) is 12.3 Å². The highest BCUT2D eigenvalue weighted by Gasteiger charge is 2.24. The van der Waals surface area contributed by atoms with Crippen LogP contribution in [0.1, 0.15) is 44.2 Å². The number of hydrogen-bond donors (Lipinski definition) is 1. The number of nitrogens with two attached hydrogens (primary N) is 1. The van der Waals surface area contributed by atoms with E-state index >= 15 is 0 Å². The first kappa shape index (κ1) is 10.6. The van der Waals surface area contributed by atoms with Crippen LogP contribution in [0.5, 0.6) is 0 Å². The summed E-state index contributed by atoms with van der Waals surface area (Å²) in [5.74, 6) is 1.55. The molecule has 1 heterocycles. The molecule has 0 aromatic carbocycles. The van der Waals surface area contributed by atoms with Crippen LogP contribution in [0.2, 0.25) is 0 Å². The molecule has 2 rings (SSSR count). The Morgan fingerprint density at radius 3 is 2.67 bits per heavy atom.